The molecule has 0 bridgehead atoms. The highest BCUT2D eigenvalue weighted by Gasteiger charge is 2.44. The molecule has 0 amide bonds. The molecule has 2 N–H and O–H groups in total. The van der Waals surface area contributed by atoms with E-state index in [0.29, 0.717) is 6.04 Å². The van der Waals surface area contributed by atoms with Gasteiger partial charge < -0.3 is 24.7 Å². The third-order valence-electron chi connectivity index (χ3n) is 9.67. The largest absolute Gasteiger partial charge is 0.456 e. The summed E-state index contributed by atoms with van der Waals surface area (Å²) < 4.78 is 13.7. The first-order chi connectivity index (χ1) is 22.3. The van der Waals surface area contributed by atoms with Crippen molar-refractivity contribution in [3.63, 3.8) is 0 Å². The average Bonchev–Trinajstić information content (AvgIpc) is 3.39. The van der Waals surface area contributed by atoms with E-state index in [1.54, 1.807) is 0 Å². The summed E-state index contributed by atoms with van der Waals surface area (Å²) >= 11 is 0. The number of allylic oxidation sites excluding steroid dienone is 2. The maximum absolute atomic E-state index is 6.91. The predicted octanol–water partition coefficient (Wildman–Crippen LogP) is 9.83. The summed E-state index contributed by atoms with van der Waals surface area (Å²) in [7, 11) is 0. The van der Waals surface area contributed by atoms with E-state index in [9.17, 15) is 0 Å². The SMILES string of the molecule is C1=CCNC(c2ccc3c(c2)Oc2ccccc2-c2ccccc2Oc2cc(-c4ccc5[nH]c6c(c5c4)C4CCN64)ccc2-3)=C1. The van der Waals surface area contributed by atoms with Crippen molar-refractivity contribution in [1.82, 2.24) is 10.3 Å². The van der Waals surface area contributed by atoms with Crippen LogP contribution in [0.25, 0.3) is 50.0 Å². The van der Waals surface area contributed by atoms with Gasteiger partial charge in [0.2, 0.25) is 0 Å². The summed E-state index contributed by atoms with van der Waals surface area (Å²) in [5.74, 6) is 4.46. The van der Waals surface area contributed by atoms with E-state index >= 15 is 0 Å². The molecule has 10 rings (SSSR count). The molecule has 1 aromatic heterocycles. The molecular weight excluding hydrogens is 554 g/mol. The van der Waals surface area contributed by atoms with Crippen LogP contribution in [0.4, 0.5) is 5.82 Å². The third-order valence-corrected chi connectivity index (χ3v) is 9.67. The van der Waals surface area contributed by atoms with E-state index in [1.807, 2.05) is 36.4 Å². The molecule has 45 heavy (non-hydrogen) atoms. The van der Waals surface area contributed by atoms with E-state index < -0.39 is 0 Å². The standard InChI is InChI=1S/C40H29N3O2/c1-3-10-35-27(7-1)28-8-2-4-11-36(28)45-38-23-26(32-9-5-6-19-41-32)13-16-30(38)29-15-12-25(22-37(29)44-35)24-14-17-33-31(21-24)39-34-18-20-43(34)40(39)42-33/h1-17,21-23,34,41-42H,18-20H2. The number of H-pyrrole nitrogens is 1. The molecule has 0 spiro atoms. The number of rotatable bonds is 2. The van der Waals surface area contributed by atoms with Crippen molar-refractivity contribution in [2.45, 2.75) is 12.5 Å². The molecule has 1 fully saturated rings. The number of anilines is 1. The van der Waals surface area contributed by atoms with Gasteiger partial charge in [0.25, 0.3) is 0 Å². The van der Waals surface area contributed by atoms with Crippen molar-refractivity contribution < 1.29 is 9.47 Å². The zero-order valence-corrected chi connectivity index (χ0v) is 24.5. The Balaban J connectivity index is 1.16. The zero-order valence-electron chi connectivity index (χ0n) is 24.5. The van der Waals surface area contributed by atoms with Crippen LogP contribution in [0.5, 0.6) is 23.0 Å². The summed E-state index contributed by atoms with van der Waals surface area (Å²) in [6.07, 6.45) is 7.56. The maximum Gasteiger partial charge on any atom is 0.136 e. The first-order valence-corrected chi connectivity index (χ1v) is 15.6. The van der Waals surface area contributed by atoms with Crippen LogP contribution >= 0.6 is 0 Å². The number of aromatic amines is 1. The number of fused-ring (bicyclic) bond motifs is 12. The van der Waals surface area contributed by atoms with Crippen LogP contribution in [0.1, 0.15) is 23.6 Å². The van der Waals surface area contributed by atoms with Crippen molar-refractivity contribution in [1.29, 1.82) is 0 Å². The fourth-order valence-corrected chi connectivity index (χ4v) is 7.29. The second kappa shape index (κ2) is 9.41. The molecule has 1 saturated heterocycles. The predicted molar refractivity (Wildman–Crippen MR) is 181 cm³/mol. The van der Waals surface area contributed by atoms with Gasteiger partial charge in [-0.2, -0.15) is 0 Å². The van der Waals surface area contributed by atoms with Crippen LogP contribution in [-0.2, 0) is 0 Å². The quantitative estimate of drug-likeness (QED) is 0.213. The van der Waals surface area contributed by atoms with Gasteiger partial charge in [0.05, 0.1) is 6.04 Å². The molecule has 1 atom stereocenters. The van der Waals surface area contributed by atoms with Crippen LogP contribution in [0.3, 0.4) is 0 Å². The van der Waals surface area contributed by atoms with E-state index in [2.05, 4.69) is 100 Å². The molecule has 0 aliphatic carbocycles. The van der Waals surface area contributed by atoms with Gasteiger partial charge in [-0.3, -0.25) is 0 Å². The van der Waals surface area contributed by atoms with Gasteiger partial charge in [-0.25, -0.2) is 0 Å². The maximum atomic E-state index is 6.91. The van der Waals surface area contributed by atoms with E-state index in [1.165, 1.54) is 34.3 Å². The Hall–Kier alpha value is -5.68. The number of nitrogens with zero attached hydrogens (tertiary/aromatic N) is 1. The molecular formula is C40H29N3O2. The van der Waals surface area contributed by atoms with Gasteiger partial charge in [0.1, 0.15) is 28.8 Å². The summed E-state index contributed by atoms with van der Waals surface area (Å²) in [5.41, 5.74) is 11.1. The smallest absolute Gasteiger partial charge is 0.136 e. The molecule has 6 aromatic rings. The summed E-state index contributed by atoms with van der Waals surface area (Å²) in [4.78, 5) is 6.11. The van der Waals surface area contributed by atoms with E-state index in [0.717, 1.165) is 75.2 Å². The number of ether oxygens (including phenoxy) is 2. The van der Waals surface area contributed by atoms with Gasteiger partial charge in [-0.1, -0.05) is 66.7 Å². The van der Waals surface area contributed by atoms with Gasteiger partial charge in [-0.15, -0.1) is 0 Å². The lowest BCUT2D eigenvalue weighted by molar-refractivity contribution is 0.419. The average molecular weight is 584 g/mol. The second-order valence-corrected chi connectivity index (χ2v) is 12.2. The van der Waals surface area contributed by atoms with Gasteiger partial charge in [0.15, 0.2) is 0 Å². The van der Waals surface area contributed by atoms with E-state index in [-0.39, 0.29) is 0 Å². The molecule has 5 nitrogen and oxygen atoms in total. The molecule has 4 aliphatic rings. The Morgan fingerprint density at radius 2 is 1.29 bits per heavy atom. The van der Waals surface area contributed by atoms with Crippen LogP contribution in [0, 0.1) is 0 Å². The highest BCUT2D eigenvalue weighted by molar-refractivity contribution is 5.97. The number of dihydropyridines is 1. The number of hydrogen-bond donors (Lipinski definition) is 2. The Labute approximate surface area is 261 Å². The number of hydrogen-bond acceptors (Lipinski definition) is 4. The summed E-state index contributed by atoms with van der Waals surface area (Å²) in [6, 6.07) is 36.8. The molecule has 5 heteroatoms. The van der Waals surface area contributed by atoms with Crippen LogP contribution < -0.4 is 19.7 Å². The molecule has 0 saturated carbocycles. The minimum Gasteiger partial charge on any atom is -0.456 e. The van der Waals surface area contributed by atoms with Gasteiger partial charge in [-0.05, 0) is 72.2 Å². The topological polar surface area (TPSA) is 49.5 Å². The van der Waals surface area contributed by atoms with Crippen molar-refractivity contribution >= 4 is 22.4 Å². The Morgan fingerprint density at radius 3 is 1.98 bits per heavy atom. The molecule has 5 heterocycles. The van der Waals surface area contributed by atoms with Crippen molar-refractivity contribution in [3.8, 4) is 56.4 Å². The van der Waals surface area contributed by atoms with Crippen LogP contribution in [0.15, 0.2) is 121 Å². The van der Waals surface area contributed by atoms with Crippen molar-refractivity contribution in [2.24, 2.45) is 0 Å². The number of benzene rings is 5. The fraction of sp³-hybridized carbons (Fsp3) is 0.100. The van der Waals surface area contributed by atoms with Gasteiger partial charge in [0, 0.05) is 63.1 Å². The first-order valence-electron chi connectivity index (χ1n) is 15.6. The first kappa shape index (κ1) is 24.7. The fourth-order valence-electron chi connectivity index (χ4n) is 7.29. The third kappa shape index (κ3) is 3.74. The number of para-hydroxylation sites is 2. The van der Waals surface area contributed by atoms with Crippen molar-refractivity contribution in [3.05, 3.63) is 132 Å². The lowest BCUT2D eigenvalue weighted by Crippen LogP contribution is -2.48. The van der Waals surface area contributed by atoms with Crippen LogP contribution in [0.2, 0.25) is 0 Å². The highest BCUT2D eigenvalue weighted by atomic mass is 16.5. The number of nitrogens with one attached hydrogen (secondary N) is 2. The minimum atomic E-state index is 0.576. The summed E-state index contributed by atoms with van der Waals surface area (Å²) in [6.45, 7) is 1.96. The van der Waals surface area contributed by atoms with Crippen molar-refractivity contribution in [2.75, 3.05) is 18.0 Å². The number of aromatic nitrogens is 1. The Morgan fingerprint density at radius 1 is 0.644 bits per heavy atom. The highest BCUT2D eigenvalue weighted by Crippen LogP contribution is 2.54. The minimum absolute atomic E-state index is 0.576. The van der Waals surface area contributed by atoms with E-state index in [4.69, 9.17) is 9.47 Å². The Bertz CT molecular complexity index is 2260. The normalized spacial score (nSPS) is 16.9. The summed E-state index contributed by atoms with van der Waals surface area (Å²) in [5, 5.41) is 4.82. The zero-order chi connectivity index (χ0) is 29.5. The lowest BCUT2D eigenvalue weighted by Gasteiger charge is -2.51. The molecule has 4 aliphatic heterocycles. The molecule has 5 aromatic carbocycles. The molecule has 0 radical (unpaired) electrons. The second-order valence-electron chi connectivity index (χ2n) is 12.2. The van der Waals surface area contributed by atoms with Gasteiger partial charge >= 0.3 is 0 Å². The Kier molecular flexibility index (Phi) is 5.17. The molecule has 1 unspecified atom stereocenters. The van der Waals surface area contributed by atoms with Crippen LogP contribution in [-0.4, -0.2) is 18.1 Å². The lowest BCUT2D eigenvalue weighted by atomic mass is 9.85. The molecule has 216 valence electrons. The monoisotopic (exact) mass is 583 g/mol.